The Bertz CT molecular complexity index is 1690. The fourth-order valence-electron chi connectivity index (χ4n) is 4.71. The van der Waals surface area contributed by atoms with E-state index in [0.717, 1.165) is 10.9 Å². The summed E-state index contributed by atoms with van der Waals surface area (Å²) < 4.78 is 27.3. The van der Waals surface area contributed by atoms with Crippen molar-refractivity contribution in [3.63, 3.8) is 0 Å². The van der Waals surface area contributed by atoms with Crippen LogP contribution in [0.2, 0.25) is 5.28 Å². The maximum absolute atomic E-state index is 15.2. The summed E-state index contributed by atoms with van der Waals surface area (Å²) in [6, 6.07) is 12.3. The van der Waals surface area contributed by atoms with E-state index in [1.807, 2.05) is 0 Å². The summed E-state index contributed by atoms with van der Waals surface area (Å²) in [5, 5.41) is 39.2. The number of carboxylic acid groups (broad SMARTS) is 3. The van der Waals surface area contributed by atoms with Gasteiger partial charge in [0.2, 0.25) is 5.28 Å². The molecule has 0 unspecified atom stereocenters. The third kappa shape index (κ3) is 5.58. The molecule has 0 saturated carbocycles. The Labute approximate surface area is 246 Å². The van der Waals surface area contributed by atoms with E-state index < -0.39 is 61.1 Å². The number of nitrogens with zero attached hydrogens (tertiary/aromatic N) is 4. The molecule has 1 fully saturated rings. The number of fused-ring (bicyclic) bond motifs is 1. The van der Waals surface area contributed by atoms with Crippen molar-refractivity contribution in [1.82, 2.24) is 19.5 Å². The third-order valence-corrected chi connectivity index (χ3v) is 7.22. The predicted molar refractivity (Wildman–Crippen MR) is 146 cm³/mol. The molecule has 16 heteroatoms. The standard InChI is InChI=1S/C27H23ClFN5O9/c28-26-32-20(30)18-21(33-26)34(11-31-18)22-17(29)19(35)16(43-22)10-42-27(24(38)39,25(40)41)9-12-1-3-13(4-2-12)14-5-7-15(8-6-14)23(36)37/h1-8,11,16-17,19,22,35H,9-10H2,(H,36,37)(H,38,39)(H,40,41)(H2,30,32,33)/t16-,17+,19-,22-/m1/s1. The number of imidazole rings is 1. The molecule has 4 aromatic rings. The Kier molecular flexibility index (Phi) is 7.98. The number of rotatable bonds is 10. The Balaban J connectivity index is 1.33. The first-order valence-electron chi connectivity index (χ1n) is 12.6. The third-order valence-electron chi connectivity index (χ3n) is 7.05. The van der Waals surface area contributed by atoms with Crippen LogP contribution in [0.4, 0.5) is 10.2 Å². The highest BCUT2D eigenvalue weighted by Crippen LogP contribution is 2.35. The van der Waals surface area contributed by atoms with E-state index in [1.165, 1.54) is 24.3 Å². The van der Waals surface area contributed by atoms with E-state index in [2.05, 4.69) is 15.0 Å². The predicted octanol–water partition coefficient (Wildman–Crippen LogP) is 2.19. The number of aromatic nitrogens is 4. The van der Waals surface area contributed by atoms with E-state index in [-0.39, 0.29) is 33.4 Å². The topological polar surface area (TPSA) is 220 Å². The molecule has 1 saturated heterocycles. The molecule has 224 valence electrons. The number of nitrogen functional groups attached to an aromatic ring is 1. The molecule has 0 bridgehead atoms. The lowest BCUT2D eigenvalue weighted by atomic mass is 9.92. The number of aromatic carboxylic acids is 1. The number of nitrogens with two attached hydrogens (primary N) is 1. The van der Waals surface area contributed by atoms with Gasteiger partial charge in [-0.15, -0.1) is 0 Å². The lowest BCUT2D eigenvalue weighted by molar-refractivity contribution is -0.190. The van der Waals surface area contributed by atoms with Gasteiger partial charge in [0.15, 0.2) is 23.9 Å². The molecule has 0 amide bonds. The van der Waals surface area contributed by atoms with Gasteiger partial charge in [0.25, 0.3) is 5.60 Å². The van der Waals surface area contributed by atoms with Crippen LogP contribution in [0.3, 0.4) is 0 Å². The number of aliphatic carboxylic acids is 2. The molecule has 3 heterocycles. The van der Waals surface area contributed by atoms with Gasteiger partial charge in [-0.2, -0.15) is 9.97 Å². The minimum Gasteiger partial charge on any atom is -0.479 e. The molecule has 0 radical (unpaired) electrons. The zero-order valence-electron chi connectivity index (χ0n) is 21.9. The summed E-state index contributed by atoms with van der Waals surface area (Å²) in [6.45, 7) is -0.796. The number of benzene rings is 2. The second-order valence-corrected chi connectivity index (χ2v) is 10.0. The molecule has 5 rings (SSSR count). The number of halogens is 2. The molecule has 14 nitrogen and oxygen atoms in total. The first-order chi connectivity index (χ1) is 20.4. The van der Waals surface area contributed by atoms with Crippen molar-refractivity contribution in [2.24, 2.45) is 0 Å². The van der Waals surface area contributed by atoms with E-state index in [0.29, 0.717) is 11.1 Å². The lowest BCUT2D eigenvalue weighted by Crippen LogP contribution is -2.52. The summed E-state index contributed by atoms with van der Waals surface area (Å²) in [6.07, 6.45) is -6.34. The molecule has 43 heavy (non-hydrogen) atoms. The highest BCUT2D eigenvalue weighted by Gasteiger charge is 2.52. The van der Waals surface area contributed by atoms with Gasteiger partial charge in [-0.1, -0.05) is 36.4 Å². The second kappa shape index (κ2) is 11.5. The molecule has 4 atom stereocenters. The van der Waals surface area contributed by atoms with Gasteiger partial charge in [-0.25, -0.2) is 23.8 Å². The maximum Gasteiger partial charge on any atom is 0.348 e. The molecule has 1 aliphatic rings. The van der Waals surface area contributed by atoms with Crippen LogP contribution in [0.1, 0.15) is 22.1 Å². The average Bonchev–Trinajstić information content (AvgIpc) is 3.51. The van der Waals surface area contributed by atoms with Crippen LogP contribution in [-0.2, 0) is 25.5 Å². The maximum atomic E-state index is 15.2. The van der Waals surface area contributed by atoms with Crippen molar-refractivity contribution in [2.75, 3.05) is 12.3 Å². The fourth-order valence-corrected chi connectivity index (χ4v) is 4.88. The molecular weight excluding hydrogens is 593 g/mol. The molecule has 6 N–H and O–H groups in total. The minimum absolute atomic E-state index is 0.0191. The van der Waals surface area contributed by atoms with Crippen molar-refractivity contribution in [3.05, 3.63) is 71.3 Å². The Morgan fingerprint density at radius 2 is 1.63 bits per heavy atom. The molecule has 2 aromatic carbocycles. The van der Waals surface area contributed by atoms with E-state index in [9.17, 15) is 29.7 Å². The zero-order chi connectivity index (χ0) is 31.1. The van der Waals surface area contributed by atoms with Crippen molar-refractivity contribution in [3.8, 4) is 11.1 Å². The first kappa shape index (κ1) is 29.8. The minimum atomic E-state index is -2.81. The van der Waals surface area contributed by atoms with Crippen LogP contribution >= 0.6 is 11.6 Å². The summed E-state index contributed by atoms with van der Waals surface area (Å²) in [7, 11) is 0. The number of anilines is 1. The number of carbonyl (C=O) groups is 3. The molecular formula is C27H23ClFN5O9. The average molecular weight is 616 g/mol. The van der Waals surface area contributed by atoms with Gasteiger partial charge in [-0.3, -0.25) is 4.57 Å². The molecule has 0 spiro atoms. The smallest absolute Gasteiger partial charge is 0.348 e. The highest BCUT2D eigenvalue weighted by molar-refractivity contribution is 6.28. The summed E-state index contributed by atoms with van der Waals surface area (Å²) in [5.41, 5.74) is 4.83. The van der Waals surface area contributed by atoms with Crippen LogP contribution in [0.25, 0.3) is 22.3 Å². The van der Waals surface area contributed by atoms with E-state index >= 15 is 4.39 Å². The number of aliphatic hydroxyl groups is 1. The van der Waals surface area contributed by atoms with E-state index in [1.54, 1.807) is 24.3 Å². The number of hydrogen-bond donors (Lipinski definition) is 5. The Morgan fingerprint density at radius 3 is 2.21 bits per heavy atom. The summed E-state index contributed by atoms with van der Waals surface area (Å²) >= 11 is 5.86. The van der Waals surface area contributed by atoms with Gasteiger partial charge in [-0.05, 0) is 40.4 Å². The van der Waals surface area contributed by atoms with Crippen molar-refractivity contribution >= 4 is 46.5 Å². The number of aliphatic hydroxyl groups excluding tert-OH is 1. The Morgan fingerprint density at radius 1 is 1.02 bits per heavy atom. The number of hydrogen-bond acceptors (Lipinski definition) is 10. The molecule has 1 aliphatic heterocycles. The van der Waals surface area contributed by atoms with Gasteiger partial charge in [0.1, 0.15) is 17.7 Å². The van der Waals surface area contributed by atoms with Gasteiger partial charge >= 0.3 is 17.9 Å². The summed E-state index contributed by atoms with van der Waals surface area (Å²) in [4.78, 5) is 47.4. The van der Waals surface area contributed by atoms with E-state index in [4.69, 9.17) is 31.9 Å². The van der Waals surface area contributed by atoms with Crippen LogP contribution in [0.15, 0.2) is 54.9 Å². The van der Waals surface area contributed by atoms with Crippen molar-refractivity contribution < 1.29 is 48.7 Å². The SMILES string of the molecule is Nc1nc(Cl)nc2c1ncn2[C@@H]1O[C@H](COC(Cc2ccc(-c3ccc(C(=O)O)cc3)cc2)(C(=O)O)C(=O)O)[C@@H](O)[C@@H]1F. The fraction of sp³-hybridized carbons (Fsp3) is 0.259. The van der Waals surface area contributed by atoms with Gasteiger partial charge in [0.05, 0.1) is 18.5 Å². The van der Waals surface area contributed by atoms with Crippen molar-refractivity contribution in [1.29, 1.82) is 0 Å². The zero-order valence-corrected chi connectivity index (χ0v) is 22.6. The summed E-state index contributed by atoms with van der Waals surface area (Å²) in [5.74, 6) is -4.79. The second-order valence-electron chi connectivity index (χ2n) is 9.71. The lowest BCUT2D eigenvalue weighted by Gasteiger charge is -2.27. The monoisotopic (exact) mass is 615 g/mol. The number of carboxylic acids is 3. The van der Waals surface area contributed by atoms with Gasteiger partial charge < -0.3 is 35.6 Å². The number of ether oxygens (including phenoxy) is 2. The van der Waals surface area contributed by atoms with Crippen LogP contribution in [0.5, 0.6) is 0 Å². The van der Waals surface area contributed by atoms with Gasteiger partial charge in [0, 0.05) is 6.42 Å². The van der Waals surface area contributed by atoms with Crippen LogP contribution in [0, 0.1) is 0 Å². The van der Waals surface area contributed by atoms with Crippen LogP contribution in [-0.4, -0.2) is 88.4 Å². The Hall–Kier alpha value is -4.70. The quantitative estimate of drug-likeness (QED) is 0.128. The largest absolute Gasteiger partial charge is 0.479 e. The molecule has 0 aliphatic carbocycles. The normalized spacial score (nSPS) is 20.3. The first-order valence-corrected chi connectivity index (χ1v) is 13.0. The van der Waals surface area contributed by atoms with Crippen LogP contribution < -0.4 is 5.73 Å². The van der Waals surface area contributed by atoms with Crippen molar-refractivity contribution in [2.45, 2.75) is 36.6 Å². The highest BCUT2D eigenvalue weighted by atomic mass is 35.5. The molecule has 2 aromatic heterocycles. The number of alkyl halides is 1.